The fourth-order valence-corrected chi connectivity index (χ4v) is 4.79. The molecule has 1 fully saturated rings. The van der Waals surface area contributed by atoms with Crippen molar-refractivity contribution in [3.8, 4) is 0 Å². The lowest BCUT2D eigenvalue weighted by atomic mass is 10.1. The van der Waals surface area contributed by atoms with E-state index < -0.39 is 10.0 Å². The molecule has 0 aromatic heterocycles. The minimum absolute atomic E-state index is 0.0870. The highest BCUT2D eigenvalue weighted by atomic mass is 79.9. The zero-order valence-electron chi connectivity index (χ0n) is 11.6. The topological polar surface area (TPSA) is 72.6 Å². The number of ether oxygens (including phenoxy) is 1. The number of rotatable bonds is 3. The fourth-order valence-electron chi connectivity index (χ4n) is 2.26. The van der Waals surface area contributed by atoms with E-state index in [4.69, 9.17) is 10.5 Å². The van der Waals surface area contributed by atoms with Gasteiger partial charge in [0.25, 0.3) is 0 Å². The zero-order chi connectivity index (χ0) is 14.9. The van der Waals surface area contributed by atoms with E-state index in [9.17, 15) is 8.42 Å². The van der Waals surface area contributed by atoms with Crippen LogP contribution in [0.3, 0.4) is 0 Å². The molecule has 0 bridgehead atoms. The summed E-state index contributed by atoms with van der Waals surface area (Å²) in [7, 11) is -3.53. The minimum Gasteiger partial charge on any atom is -0.376 e. The van der Waals surface area contributed by atoms with Crippen molar-refractivity contribution in [1.29, 1.82) is 0 Å². The van der Waals surface area contributed by atoms with Gasteiger partial charge in [-0.3, -0.25) is 0 Å². The van der Waals surface area contributed by atoms with Gasteiger partial charge in [-0.2, -0.15) is 4.31 Å². The smallest absolute Gasteiger partial charge is 0.244 e. The SMILES string of the molecule is Cc1cc(CN)cc(S(=O)(=O)N2CCOC(C)C2)c1Br. The Balaban J connectivity index is 2.46. The van der Waals surface area contributed by atoms with Crippen molar-refractivity contribution in [2.75, 3.05) is 19.7 Å². The van der Waals surface area contributed by atoms with Crippen molar-refractivity contribution in [2.45, 2.75) is 31.4 Å². The summed E-state index contributed by atoms with van der Waals surface area (Å²) in [6.07, 6.45) is -0.0870. The maximum absolute atomic E-state index is 12.8. The van der Waals surface area contributed by atoms with Crippen LogP contribution in [0.4, 0.5) is 0 Å². The summed E-state index contributed by atoms with van der Waals surface area (Å²) in [5.41, 5.74) is 7.32. The second-order valence-corrected chi connectivity index (χ2v) is 7.67. The molecule has 112 valence electrons. The van der Waals surface area contributed by atoms with Crippen molar-refractivity contribution in [3.63, 3.8) is 0 Å². The molecule has 1 atom stereocenters. The van der Waals surface area contributed by atoms with E-state index in [1.54, 1.807) is 6.07 Å². The molecular weight excluding hydrogens is 344 g/mol. The number of nitrogens with zero attached hydrogens (tertiary/aromatic N) is 1. The monoisotopic (exact) mass is 362 g/mol. The van der Waals surface area contributed by atoms with E-state index in [0.29, 0.717) is 30.7 Å². The number of benzene rings is 1. The normalized spacial score (nSPS) is 21.1. The number of hydrogen-bond acceptors (Lipinski definition) is 4. The van der Waals surface area contributed by atoms with Crippen LogP contribution in [-0.2, 0) is 21.3 Å². The first-order valence-corrected chi connectivity index (χ1v) is 8.70. The van der Waals surface area contributed by atoms with Crippen molar-refractivity contribution < 1.29 is 13.2 Å². The lowest BCUT2D eigenvalue weighted by Gasteiger charge is -2.30. The third kappa shape index (κ3) is 3.07. The number of hydrogen-bond donors (Lipinski definition) is 1. The number of halogens is 1. The van der Waals surface area contributed by atoms with Crippen LogP contribution in [0.2, 0.25) is 0 Å². The Morgan fingerprint density at radius 2 is 2.20 bits per heavy atom. The number of morpholine rings is 1. The molecule has 1 heterocycles. The van der Waals surface area contributed by atoms with Gasteiger partial charge in [-0.15, -0.1) is 0 Å². The van der Waals surface area contributed by atoms with Crippen molar-refractivity contribution >= 4 is 26.0 Å². The molecule has 0 radical (unpaired) electrons. The van der Waals surface area contributed by atoms with Gasteiger partial charge >= 0.3 is 0 Å². The number of aryl methyl sites for hydroxylation is 1. The van der Waals surface area contributed by atoms with Gasteiger partial charge in [0.2, 0.25) is 10.0 Å². The van der Waals surface area contributed by atoms with Gasteiger partial charge in [-0.05, 0) is 47.0 Å². The van der Waals surface area contributed by atoms with Crippen LogP contribution >= 0.6 is 15.9 Å². The van der Waals surface area contributed by atoms with Crippen LogP contribution in [-0.4, -0.2) is 38.5 Å². The van der Waals surface area contributed by atoms with E-state index >= 15 is 0 Å². The first-order chi connectivity index (χ1) is 9.36. The van der Waals surface area contributed by atoms with Crippen LogP contribution in [0.5, 0.6) is 0 Å². The van der Waals surface area contributed by atoms with Gasteiger partial charge in [0.1, 0.15) is 0 Å². The standard InChI is InChI=1S/C13H19BrN2O3S/c1-9-5-11(7-15)6-12(13(9)14)20(17,18)16-3-4-19-10(2)8-16/h5-6,10H,3-4,7-8,15H2,1-2H3. The van der Waals surface area contributed by atoms with Crippen LogP contribution in [0.15, 0.2) is 21.5 Å². The Hall–Kier alpha value is -0.470. The van der Waals surface area contributed by atoms with Crippen LogP contribution in [0.1, 0.15) is 18.1 Å². The molecule has 7 heteroatoms. The Kier molecular flexibility index (Phi) is 4.86. The minimum atomic E-state index is -3.53. The van der Waals surface area contributed by atoms with Gasteiger partial charge in [0.15, 0.2) is 0 Å². The molecule has 2 rings (SSSR count). The lowest BCUT2D eigenvalue weighted by Crippen LogP contribution is -2.44. The van der Waals surface area contributed by atoms with Gasteiger partial charge in [-0.25, -0.2) is 8.42 Å². The molecule has 1 aromatic rings. The van der Waals surface area contributed by atoms with E-state index in [-0.39, 0.29) is 11.0 Å². The van der Waals surface area contributed by atoms with E-state index in [0.717, 1.165) is 11.1 Å². The molecule has 2 N–H and O–H groups in total. The fraction of sp³-hybridized carbons (Fsp3) is 0.538. The van der Waals surface area contributed by atoms with Gasteiger partial charge in [0.05, 0.1) is 17.6 Å². The second kappa shape index (κ2) is 6.11. The Bertz CT molecular complexity index is 604. The summed E-state index contributed by atoms with van der Waals surface area (Å²) >= 11 is 3.38. The predicted molar refractivity (Wildman–Crippen MR) is 80.9 cm³/mol. The molecule has 5 nitrogen and oxygen atoms in total. The predicted octanol–water partition coefficient (Wildman–Crippen LogP) is 1.63. The molecule has 0 aliphatic carbocycles. The summed E-state index contributed by atoms with van der Waals surface area (Å²) < 4.78 is 33.0. The van der Waals surface area contributed by atoms with Crippen molar-refractivity contribution in [1.82, 2.24) is 4.31 Å². The quantitative estimate of drug-likeness (QED) is 0.886. The van der Waals surface area contributed by atoms with E-state index in [2.05, 4.69) is 15.9 Å². The third-order valence-electron chi connectivity index (χ3n) is 3.34. The molecule has 20 heavy (non-hydrogen) atoms. The molecule has 1 aromatic carbocycles. The summed E-state index contributed by atoms with van der Waals surface area (Å²) in [6, 6.07) is 3.54. The highest BCUT2D eigenvalue weighted by molar-refractivity contribution is 9.10. The Morgan fingerprint density at radius 1 is 1.50 bits per heavy atom. The van der Waals surface area contributed by atoms with Crippen molar-refractivity contribution in [2.24, 2.45) is 5.73 Å². The van der Waals surface area contributed by atoms with Gasteiger partial charge in [0, 0.05) is 24.1 Å². The third-order valence-corrected chi connectivity index (χ3v) is 6.54. The first kappa shape index (κ1) is 15.9. The molecule has 1 unspecified atom stereocenters. The highest BCUT2D eigenvalue weighted by Crippen LogP contribution is 2.30. The molecule has 1 saturated heterocycles. The summed E-state index contributed by atoms with van der Waals surface area (Å²) in [5.74, 6) is 0. The highest BCUT2D eigenvalue weighted by Gasteiger charge is 2.31. The molecular formula is C13H19BrN2O3S. The zero-order valence-corrected chi connectivity index (χ0v) is 14.0. The molecule has 0 saturated carbocycles. The molecule has 1 aliphatic heterocycles. The Morgan fingerprint density at radius 3 is 2.80 bits per heavy atom. The molecule has 1 aliphatic rings. The van der Waals surface area contributed by atoms with Gasteiger partial charge in [-0.1, -0.05) is 6.07 Å². The van der Waals surface area contributed by atoms with Crippen molar-refractivity contribution in [3.05, 3.63) is 27.7 Å². The van der Waals surface area contributed by atoms with Gasteiger partial charge < -0.3 is 10.5 Å². The summed E-state index contributed by atoms with van der Waals surface area (Å²) in [5, 5.41) is 0. The largest absolute Gasteiger partial charge is 0.376 e. The first-order valence-electron chi connectivity index (χ1n) is 6.47. The maximum atomic E-state index is 12.8. The summed E-state index contributed by atoms with van der Waals surface area (Å²) in [6.45, 7) is 5.23. The van der Waals surface area contributed by atoms with E-state index in [1.165, 1.54) is 4.31 Å². The molecule has 0 amide bonds. The van der Waals surface area contributed by atoms with E-state index in [1.807, 2.05) is 19.9 Å². The lowest BCUT2D eigenvalue weighted by molar-refractivity contribution is 0.0102. The van der Waals surface area contributed by atoms with Crippen LogP contribution in [0, 0.1) is 6.92 Å². The average Bonchev–Trinajstić information content (AvgIpc) is 2.41. The maximum Gasteiger partial charge on any atom is 0.244 e. The van der Waals surface area contributed by atoms with Crippen LogP contribution in [0.25, 0.3) is 0 Å². The Labute approximate surface area is 128 Å². The van der Waals surface area contributed by atoms with Crippen LogP contribution < -0.4 is 5.73 Å². The second-order valence-electron chi connectivity index (χ2n) is 4.97. The number of nitrogens with two attached hydrogens (primary N) is 1. The average molecular weight is 363 g/mol. The summed E-state index contributed by atoms with van der Waals surface area (Å²) in [4.78, 5) is 0.284. The molecule has 0 spiro atoms. The number of sulfonamides is 1.